The quantitative estimate of drug-likeness (QED) is 0.818. The summed E-state index contributed by atoms with van der Waals surface area (Å²) in [4.78, 5) is 2.74. The molecule has 140 valence electrons. The van der Waals surface area contributed by atoms with Crippen molar-refractivity contribution in [3.05, 3.63) is 30.1 Å². The van der Waals surface area contributed by atoms with E-state index in [2.05, 4.69) is 11.8 Å². The zero-order valence-electron chi connectivity index (χ0n) is 15.0. The van der Waals surface area contributed by atoms with Crippen LogP contribution in [0, 0.1) is 17.7 Å². The number of hydrogen-bond donors (Lipinski definition) is 0. The van der Waals surface area contributed by atoms with E-state index in [1.807, 2.05) is 0 Å². The van der Waals surface area contributed by atoms with E-state index in [9.17, 15) is 12.8 Å². The second-order valence-electron chi connectivity index (χ2n) is 7.64. The Balaban J connectivity index is 1.58. The fourth-order valence-corrected chi connectivity index (χ4v) is 5.42. The van der Waals surface area contributed by atoms with Gasteiger partial charge in [0.25, 0.3) is 0 Å². The highest BCUT2D eigenvalue weighted by molar-refractivity contribution is 7.89. The molecule has 1 aromatic carbocycles. The number of piperidine rings is 1. The van der Waals surface area contributed by atoms with Gasteiger partial charge in [-0.25, -0.2) is 12.8 Å². The van der Waals surface area contributed by atoms with Crippen LogP contribution in [-0.2, 0) is 10.0 Å². The van der Waals surface area contributed by atoms with Crippen molar-refractivity contribution < 1.29 is 12.8 Å². The second-order valence-corrected chi connectivity index (χ2v) is 9.58. The number of hydrogen-bond acceptors (Lipinski definition) is 3. The largest absolute Gasteiger partial charge is 0.303 e. The Morgan fingerprint density at radius 1 is 1.00 bits per heavy atom. The Labute approximate surface area is 151 Å². The van der Waals surface area contributed by atoms with Crippen molar-refractivity contribution in [2.75, 3.05) is 32.7 Å². The van der Waals surface area contributed by atoms with Crippen LogP contribution in [0.25, 0.3) is 0 Å². The minimum absolute atomic E-state index is 0.192. The van der Waals surface area contributed by atoms with Gasteiger partial charge in [0.2, 0.25) is 10.0 Å². The molecular weight excluding hydrogens is 339 g/mol. The van der Waals surface area contributed by atoms with Gasteiger partial charge in [-0.15, -0.1) is 0 Å². The zero-order valence-corrected chi connectivity index (χ0v) is 15.8. The van der Waals surface area contributed by atoms with Crippen molar-refractivity contribution >= 4 is 10.0 Å². The van der Waals surface area contributed by atoms with Crippen LogP contribution in [0.4, 0.5) is 4.39 Å². The van der Waals surface area contributed by atoms with Crippen LogP contribution in [0.1, 0.15) is 39.0 Å². The summed E-state index contributed by atoms with van der Waals surface area (Å²) in [6.07, 6.45) is 5.44. The standard InChI is InChI=1S/C19H29FN2O2S/c1-16-8-12-21(13-9-16)15-17-3-2-11-22(14-10-17)25(23,24)19-6-4-18(20)5-7-19/h4-7,16-17H,2-3,8-15H2,1H3. The molecule has 0 radical (unpaired) electrons. The molecule has 0 spiro atoms. The lowest BCUT2D eigenvalue weighted by atomic mass is 9.95. The monoisotopic (exact) mass is 368 g/mol. The first-order valence-electron chi connectivity index (χ1n) is 9.43. The Kier molecular flexibility index (Phi) is 6.12. The summed E-state index contributed by atoms with van der Waals surface area (Å²) in [6, 6.07) is 5.15. The van der Waals surface area contributed by atoms with E-state index in [0.29, 0.717) is 19.0 Å². The minimum Gasteiger partial charge on any atom is -0.303 e. The van der Waals surface area contributed by atoms with Crippen LogP contribution >= 0.6 is 0 Å². The SMILES string of the molecule is CC1CCN(CC2CCCN(S(=O)(=O)c3ccc(F)cc3)CC2)CC1. The van der Waals surface area contributed by atoms with Crippen LogP contribution in [0.3, 0.4) is 0 Å². The molecule has 0 saturated carbocycles. The number of nitrogens with zero attached hydrogens (tertiary/aromatic N) is 2. The maximum absolute atomic E-state index is 13.1. The summed E-state index contributed by atoms with van der Waals surface area (Å²) >= 11 is 0. The smallest absolute Gasteiger partial charge is 0.243 e. The van der Waals surface area contributed by atoms with Gasteiger partial charge in [-0.05, 0) is 81.3 Å². The molecule has 1 aromatic rings. The number of rotatable bonds is 4. The van der Waals surface area contributed by atoms with Gasteiger partial charge < -0.3 is 4.90 Å². The maximum atomic E-state index is 13.1. The van der Waals surface area contributed by atoms with Crippen molar-refractivity contribution in [3.8, 4) is 0 Å². The molecule has 2 aliphatic rings. The molecule has 1 atom stereocenters. The normalized spacial score (nSPS) is 25.0. The lowest BCUT2D eigenvalue weighted by Crippen LogP contribution is -2.37. The predicted molar refractivity (Wildman–Crippen MR) is 97.3 cm³/mol. The first-order valence-corrected chi connectivity index (χ1v) is 10.9. The summed E-state index contributed by atoms with van der Waals surface area (Å²) in [5.74, 6) is 0.995. The summed E-state index contributed by atoms with van der Waals surface area (Å²) in [5.41, 5.74) is 0. The molecule has 2 heterocycles. The molecule has 2 fully saturated rings. The summed E-state index contributed by atoms with van der Waals surface area (Å²) in [5, 5.41) is 0. The average molecular weight is 369 g/mol. The molecule has 2 aliphatic heterocycles. The molecule has 3 rings (SSSR count). The van der Waals surface area contributed by atoms with Gasteiger partial charge in [0.05, 0.1) is 4.90 Å². The molecule has 2 saturated heterocycles. The van der Waals surface area contributed by atoms with Crippen molar-refractivity contribution in [1.29, 1.82) is 0 Å². The number of likely N-dealkylation sites (tertiary alicyclic amines) is 1. The van der Waals surface area contributed by atoms with Crippen molar-refractivity contribution in [2.24, 2.45) is 11.8 Å². The number of halogens is 1. The highest BCUT2D eigenvalue weighted by Gasteiger charge is 2.28. The van der Waals surface area contributed by atoms with E-state index in [-0.39, 0.29) is 4.90 Å². The molecule has 0 aliphatic carbocycles. The number of sulfonamides is 1. The number of benzene rings is 1. The molecule has 25 heavy (non-hydrogen) atoms. The third-order valence-electron chi connectivity index (χ3n) is 5.65. The van der Waals surface area contributed by atoms with Crippen LogP contribution in [0.2, 0.25) is 0 Å². The Hall–Kier alpha value is -0.980. The van der Waals surface area contributed by atoms with Gasteiger partial charge in [0.1, 0.15) is 5.82 Å². The molecule has 6 heteroatoms. The van der Waals surface area contributed by atoms with Crippen molar-refractivity contribution in [3.63, 3.8) is 0 Å². The van der Waals surface area contributed by atoms with Crippen molar-refractivity contribution in [1.82, 2.24) is 9.21 Å². The van der Waals surface area contributed by atoms with E-state index < -0.39 is 15.8 Å². The van der Waals surface area contributed by atoms with Crippen molar-refractivity contribution in [2.45, 2.75) is 43.9 Å². The minimum atomic E-state index is -3.51. The van der Waals surface area contributed by atoms with Gasteiger partial charge in [-0.2, -0.15) is 4.31 Å². The highest BCUT2D eigenvalue weighted by atomic mass is 32.2. The van der Waals surface area contributed by atoms with Crippen LogP contribution in [0.5, 0.6) is 0 Å². The summed E-state index contributed by atoms with van der Waals surface area (Å²) < 4.78 is 40.2. The van der Waals surface area contributed by atoms with E-state index >= 15 is 0 Å². The molecular formula is C19H29FN2O2S. The summed E-state index contributed by atoms with van der Waals surface area (Å²) in [6.45, 7) is 6.89. The fraction of sp³-hybridized carbons (Fsp3) is 0.684. The van der Waals surface area contributed by atoms with E-state index in [1.54, 1.807) is 4.31 Å². The fourth-order valence-electron chi connectivity index (χ4n) is 3.93. The van der Waals surface area contributed by atoms with Gasteiger partial charge in [0, 0.05) is 19.6 Å². The van der Waals surface area contributed by atoms with E-state index in [4.69, 9.17) is 0 Å². The Bertz CT molecular complexity index is 655. The van der Waals surface area contributed by atoms with Gasteiger partial charge in [-0.1, -0.05) is 6.92 Å². The molecule has 0 bridgehead atoms. The van der Waals surface area contributed by atoms with Gasteiger partial charge >= 0.3 is 0 Å². The first kappa shape index (κ1) is 18.8. The molecule has 0 amide bonds. The van der Waals surface area contributed by atoms with Crippen LogP contribution in [0.15, 0.2) is 29.2 Å². The average Bonchev–Trinajstić information content (AvgIpc) is 2.83. The highest BCUT2D eigenvalue weighted by Crippen LogP contribution is 2.25. The summed E-state index contributed by atoms with van der Waals surface area (Å²) in [7, 11) is -3.51. The Morgan fingerprint density at radius 3 is 2.36 bits per heavy atom. The van der Waals surface area contributed by atoms with Gasteiger partial charge in [0.15, 0.2) is 0 Å². The molecule has 0 N–H and O–H groups in total. The lowest BCUT2D eigenvalue weighted by molar-refractivity contribution is 0.161. The Morgan fingerprint density at radius 2 is 1.68 bits per heavy atom. The predicted octanol–water partition coefficient (Wildman–Crippen LogP) is 3.35. The maximum Gasteiger partial charge on any atom is 0.243 e. The third kappa shape index (κ3) is 4.80. The van der Waals surface area contributed by atoms with Crippen LogP contribution < -0.4 is 0 Å². The topological polar surface area (TPSA) is 40.6 Å². The zero-order chi connectivity index (χ0) is 17.9. The molecule has 4 nitrogen and oxygen atoms in total. The van der Waals surface area contributed by atoms with Crippen LogP contribution in [-0.4, -0.2) is 50.3 Å². The van der Waals surface area contributed by atoms with E-state index in [1.165, 1.54) is 50.2 Å². The lowest BCUT2D eigenvalue weighted by Gasteiger charge is -2.32. The third-order valence-corrected chi connectivity index (χ3v) is 7.56. The second kappa shape index (κ2) is 8.14. The van der Waals surface area contributed by atoms with E-state index in [0.717, 1.165) is 31.7 Å². The first-order chi connectivity index (χ1) is 11.9. The van der Waals surface area contributed by atoms with Gasteiger partial charge in [-0.3, -0.25) is 0 Å². The molecule has 1 unspecified atom stereocenters. The molecule has 0 aromatic heterocycles.